The molecule has 0 radical (unpaired) electrons. The van der Waals surface area contributed by atoms with E-state index in [1.165, 1.54) is 4.68 Å². The minimum atomic E-state index is -0.181. The topological polar surface area (TPSA) is 61.4 Å². The molecule has 2 aromatic heterocycles. The van der Waals surface area contributed by atoms with Crippen LogP contribution < -0.4 is 10.3 Å². The summed E-state index contributed by atoms with van der Waals surface area (Å²) in [7, 11) is 0. The third kappa shape index (κ3) is 5.13. The van der Waals surface area contributed by atoms with E-state index in [2.05, 4.69) is 55.7 Å². The van der Waals surface area contributed by atoms with Gasteiger partial charge in [0.05, 0.1) is 17.1 Å². The lowest BCUT2D eigenvalue weighted by Gasteiger charge is -2.11. The Balaban J connectivity index is 1.42. The smallest absolute Gasteiger partial charge is 0.282 e. The van der Waals surface area contributed by atoms with Crippen LogP contribution in [0.1, 0.15) is 35.3 Å². The molecule has 2 heterocycles. The van der Waals surface area contributed by atoms with Gasteiger partial charge in [-0.3, -0.25) is 4.79 Å². The number of aromatic nitrogens is 3. The van der Waals surface area contributed by atoms with Gasteiger partial charge in [-0.25, -0.2) is 4.98 Å². The molecule has 7 heteroatoms. The van der Waals surface area contributed by atoms with E-state index in [1.807, 2.05) is 68.4 Å². The van der Waals surface area contributed by atoms with E-state index in [4.69, 9.17) is 4.74 Å². The van der Waals surface area contributed by atoms with Gasteiger partial charge < -0.3 is 9.30 Å². The molecule has 0 atom stereocenters. The minimum absolute atomic E-state index is 0.181. The molecule has 0 fully saturated rings. The van der Waals surface area contributed by atoms with Gasteiger partial charge >= 0.3 is 0 Å². The Kier molecular flexibility index (Phi) is 7.06. The number of ether oxygens (including phenoxy) is 1. The molecule has 0 aliphatic rings. The molecule has 0 unspecified atom stereocenters. The SMILES string of the molecule is CCc1nc2ccc(Br)cc2c(=O)n1N=Cc1cc(C)n(-c2ccc(OCc3ccccc3)cc2)c1C. The first-order valence-corrected chi connectivity index (χ1v) is 13.0. The minimum Gasteiger partial charge on any atom is -0.489 e. The maximum atomic E-state index is 13.2. The molecule has 0 bridgehead atoms. The predicted molar refractivity (Wildman–Crippen MR) is 152 cm³/mol. The van der Waals surface area contributed by atoms with Crippen molar-refractivity contribution in [2.75, 3.05) is 0 Å². The third-order valence-electron chi connectivity index (χ3n) is 6.32. The van der Waals surface area contributed by atoms with Crippen LogP contribution in [0.3, 0.4) is 0 Å². The number of aryl methyl sites for hydroxylation is 2. The van der Waals surface area contributed by atoms with E-state index in [-0.39, 0.29) is 5.56 Å². The average molecular weight is 555 g/mol. The number of halogens is 1. The second-order valence-electron chi connectivity index (χ2n) is 8.83. The molecule has 3 aromatic carbocycles. The number of rotatable bonds is 7. The lowest BCUT2D eigenvalue weighted by Crippen LogP contribution is -2.22. The van der Waals surface area contributed by atoms with Crippen molar-refractivity contribution in [2.24, 2.45) is 5.10 Å². The van der Waals surface area contributed by atoms with Gasteiger partial charge in [0, 0.05) is 33.5 Å². The summed E-state index contributed by atoms with van der Waals surface area (Å²) in [4.78, 5) is 17.9. The van der Waals surface area contributed by atoms with E-state index in [0.717, 1.165) is 38.4 Å². The lowest BCUT2D eigenvalue weighted by atomic mass is 10.2. The van der Waals surface area contributed by atoms with Gasteiger partial charge in [0.25, 0.3) is 5.56 Å². The maximum absolute atomic E-state index is 13.2. The van der Waals surface area contributed by atoms with Crippen LogP contribution in [-0.4, -0.2) is 20.4 Å². The summed E-state index contributed by atoms with van der Waals surface area (Å²) < 4.78 is 10.3. The molecule has 186 valence electrons. The van der Waals surface area contributed by atoms with E-state index < -0.39 is 0 Å². The van der Waals surface area contributed by atoms with Gasteiger partial charge in [0.2, 0.25) is 0 Å². The third-order valence-corrected chi connectivity index (χ3v) is 6.81. The molecule has 5 aromatic rings. The molecule has 0 N–H and O–H groups in total. The molecule has 0 aliphatic carbocycles. The Labute approximate surface area is 224 Å². The predicted octanol–water partition coefficient (Wildman–Crippen LogP) is 6.59. The zero-order valence-corrected chi connectivity index (χ0v) is 22.6. The summed E-state index contributed by atoms with van der Waals surface area (Å²) in [6.45, 7) is 6.61. The highest BCUT2D eigenvalue weighted by atomic mass is 79.9. The van der Waals surface area contributed by atoms with Crippen LogP contribution in [0.15, 0.2) is 93.2 Å². The van der Waals surface area contributed by atoms with Crippen LogP contribution in [0, 0.1) is 13.8 Å². The maximum Gasteiger partial charge on any atom is 0.282 e. The van der Waals surface area contributed by atoms with E-state index >= 15 is 0 Å². The highest BCUT2D eigenvalue weighted by Gasteiger charge is 2.12. The van der Waals surface area contributed by atoms with Crippen LogP contribution in [0.25, 0.3) is 16.6 Å². The molecule has 0 saturated carbocycles. The monoisotopic (exact) mass is 554 g/mol. The number of fused-ring (bicyclic) bond motifs is 1. The van der Waals surface area contributed by atoms with Gasteiger partial charge in [0.15, 0.2) is 0 Å². The van der Waals surface area contributed by atoms with Crippen molar-refractivity contribution in [1.29, 1.82) is 0 Å². The summed E-state index contributed by atoms with van der Waals surface area (Å²) in [6.07, 6.45) is 2.33. The van der Waals surface area contributed by atoms with Crippen LogP contribution in [0.5, 0.6) is 5.75 Å². The van der Waals surface area contributed by atoms with Crippen molar-refractivity contribution in [3.05, 3.63) is 122 Å². The summed E-state index contributed by atoms with van der Waals surface area (Å²) in [6, 6.07) is 25.8. The Morgan fingerprint density at radius 1 is 1.00 bits per heavy atom. The first kappa shape index (κ1) is 24.7. The zero-order valence-electron chi connectivity index (χ0n) is 21.0. The van der Waals surface area contributed by atoms with Gasteiger partial charge in [0.1, 0.15) is 18.2 Å². The van der Waals surface area contributed by atoms with Crippen molar-refractivity contribution in [1.82, 2.24) is 14.2 Å². The molecule has 5 rings (SSSR count). The Morgan fingerprint density at radius 3 is 2.49 bits per heavy atom. The highest BCUT2D eigenvalue weighted by molar-refractivity contribution is 9.10. The molecule has 0 saturated heterocycles. The first-order valence-electron chi connectivity index (χ1n) is 12.2. The fraction of sp³-hybridized carbons (Fsp3) is 0.167. The van der Waals surface area contributed by atoms with E-state index in [0.29, 0.717) is 29.8 Å². The van der Waals surface area contributed by atoms with Gasteiger partial charge in [-0.15, -0.1) is 0 Å². The fourth-order valence-electron chi connectivity index (χ4n) is 4.41. The van der Waals surface area contributed by atoms with Crippen molar-refractivity contribution in [3.8, 4) is 11.4 Å². The standard InChI is InChI=1S/C30H27BrN4O2/c1-4-29-33-28-15-10-24(31)17-27(28)30(36)35(29)32-18-23-16-20(2)34(21(23)3)25-11-13-26(14-12-25)37-19-22-8-6-5-7-9-22/h5-18H,4,19H2,1-3H3. The van der Waals surface area contributed by atoms with Crippen LogP contribution in [0.2, 0.25) is 0 Å². The van der Waals surface area contributed by atoms with Crippen molar-refractivity contribution >= 4 is 33.0 Å². The number of nitrogens with zero attached hydrogens (tertiary/aromatic N) is 4. The Bertz CT molecular complexity index is 1650. The highest BCUT2D eigenvalue weighted by Crippen LogP contribution is 2.23. The van der Waals surface area contributed by atoms with Crippen molar-refractivity contribution < 1.29 is 4.74 Å². The zero-order chi connectivity index (χ0) is 25.9. The average Bonchev–Trinajstić information content (AvgIpc) is 3.20. The van der Waals surface area contributed by atoms with Gasteiger partial charge in [-0.05, 0) is 67.9 Å². The second-order valence-corrected chi connectivity index (χ2v) is 9.75. The van der Waals surface area contributed by atoms with Crippen molar-refractivity contribution in [3.63, 3.8) is 0 Å². The first-order chi connectivity index (χ1) is 17.9. The number of benzene rings is 3. The molecule has 37 heavy (non-hydrogen) atoms. The quantitative estimate of drug-likeness (QED) is 0.213. The van der Waals surface area contributed by atoms with Crippen molar-refractivity contribution in [2.45, 2.75) is 33.8 Å². The molecule has 0 aliphatic heterocycles. The van der Waals surface area contributed by atoms with Crippen LogP contribution in [0.4, 0.5) is 0 Å². The molecular weight excluding hydrogens is 528 g/mol. The summed E-state index contributed by atoms with van der Waals surface area (Å²) in [5, 5.41) is 5.10. The lowest BCUT2D eigenvalue weighted by molar-refractivity contribution is 0.306. The largest absolute Gasteiger partial charge is 0.489 e. The second kappa shape index (κ2) is 10.6. The van der Waals surface area contributed by atoms with Crippen LogP contribution >= 0.6 is 15.9 Å². The molecule has 6 nitrogen and oxygen atoms in total. The Morgan fingerprint density at radius 2 is 1.76 bits per heavy atom. The normalized spacial score (nSPS) is 11.5. The van der Waals surface area contributed by atoms with E-state index in [1.54, 1.807) is 12.3 Å². The molecule has 0 amide bonds. The summed E-state index contributed by atoms with van der Waals surface area (Å²) >= 11 is 3.44. The summed E-state index contributed by atoms with van der Waals surface area (Å²) in [5.41, 5.74) is 5.69. The van der Waals surface area contributed by atoms with E-state index in [9.17, 15) is 4.79 Å². The number of hydrogen-bond acceptors (Lipinski definition) is 4. The van der Waals surface area contributed by atoms with Gasteiger partial charge in [-0.1, -0.05) is 53.2 Å². The summed E-state index contributed by atoms with van der Waals surface area (Å²) in [5.74, 6) is 1.44. The number of hydrogen-bond donors (Lipinski definition) is 0. The molecular formula is C30H27BrN4O2. The Hall–Kier alpha value is -3.97. The fourth-order valence-corrected chi connectivity index (χ4v) is 4.77. The molecule has 0 spiro atoms. The van der Waals surface area contributed by atoms with Gasteiger partial charge in [-0.2, -0.15) is 9.78 Å². The van der Waals surface area contributed by atoms with Crippen LogP contribution in [-0.2, 0) is 13.0 Å².